The maximum Gasteiger partial charge on any atom is 0.276 e. The normalized spacial score (nSPS) is 23.4. The fourth-order valence-corrected chi connectivity index (χ4v) is 2.52. The first-order valence-electron chi connectivity index (χ1n) is 6.29. The third-order valence-corrected chi connectivity index (χ3v) is 3.49. The van der Waals surface area contributed by atoms with Crippen molar-refractivity contribution < 1.29 is 4.52 Å². The molecule has 2 unspecified atom stereocenters. The Morgan fingerprint density at radius 2 is 2.17 bits per heavy atom. The molecule has 0 aliphatic heterocycles. The summed E-state index contributed by atoms with van der Waals surface area (Å²) < 4.78 is 5.27. The zero-order chi connectivity index (χ0) is 12.5. The molecule has 1 saturated carbocycles. The van der Waals surface area contributed by atoms with Crippen LogP contribution in [-0.4, -0.2) is 15.1 Å². The number of hydrogen-bond acceptors (Lipinski definition) is 5. The SMILES string of the molecule is CC1CCC(c2noc(-c3cccc(N)n3)n2)C1. The highest BCUT2D eigenvalue weighted by Crippen LogP contribution is 2.37. The Morgan fingerprint density at radius 3 is 2.89 bits per heavy atom. The van der Waals surface area contributed by atoms with Gasteiger partial charge in [0.25, 0.3) is 5.89 Å². The highest BCUT2D eigenvalue weighted by atomic mass is 16.5. The maximum atomic E-state index is 5.64. The lowest BCUT2D eigenvalue weighted by Crippen LogP contribution is -1.96. The molecule has 0 bridgehead atoms. The summed E-state index contributed by atoms with van der Waals surface area (Å²) in [5.74, 6) is 2.90. The third kappa shape index (κ3) is 2.08. The van der Waals surface area contributed by atoms with E-state index in [1.807, 2.05) is 12.1 Å². The van der Waals surface area contributed by atoms with E-state index in [9.17, 15) is 0 Å². The first-order chi connectivity index (χ1) is 8.72. The number of anilines is 1. The molecule has 2 N–H and O–H groups in total. The van der Waals surface area contributed by atoms with E-state index in [1.165, 1.54) is 6.42 Å². The Bertz CT molecular complexity index is 551. The van der Waals surface area contributed by atoms with Crippen LogP contribution in [0.15, 0.2) is 22.7 Å². The van der Waals surface area contributed by atoms with Gasteiger partial charge in [-0.15, -0.1) is 0 Å². The molecule has 0 radical (unpaired) electrons. The molecule has 94 valence electrons. The van der Waals surface area contributed by atoms with Gasteiger partial charge in [0.2, 0.25) is 0 Å². The Hall–Kier alpha value is -1.91. The summed E-state index contributed by atoms with van der Waals surface area (Å²) in [6.07, 6.45) is 3.53. The molecule has 3 rings (SSSR count). The predicted octanol–water partition coefficient (Wildman–Crippen LogP) is 2.62. The van der Waals surface area contributed by atoms with Gasteiger partial charge in [0.05, 0.1) is 0 Å². The van der Waals surface area contributed by atoms with Crippen molar-refractivity contribution in [3.8, 4) is 11.6 Å². The fraction of sp³-hybridized carbons (Fsp3) is 0.462. The van der Waals surface area contributed by atoms with Gasteiger partial charge in [0, 0.05) is 5.92 Å². The Labute approximate surface area is 105 Å². The second-order valence-electron chi connectivity index (χ2n) is 5.02. The van der Waals surface area contributed by atoms with Crippen molar-refractivity contribution in [1.29, 1.82) is 0 Å². The largest absolute Gasteiger partial charge is 0.384 e. The standard InChI is InChI=1S/C13H16N4O/c1-8-5-6-9(7-8)12-16-13(18-17-12)10-3-2-4-11(14)15-10/h2-4,8-9H,5-7H2,1H3,(H2,14,15). The quantitative estimate of drug-likeness (QED) is 0.878. The average molecular weight is 244 g/mol. The van der Waals surface area contributed by atoms with E-state index in [4.69, 9.17) is 10.3 Å². The van der Waals surface area contributed by atoms with Crippen molar-refractivity contribution in [2.45, 2.75) is 32.1 Å². The lowest BCUT2D eigenvalue weighted by atomic mass is 10.1. The number of hydrogen-bond donors (Lipinski definition) is 1. The van der Waals surface area contributed by atoms with Crippen LogP contribution in [0.4, 0.5) is 5.82 Å². The van der Waals surface area contributed by atoms with Crippen LogP contribution in [0.25, 0.3) is 11.6 Å². The molecule has 1 fully saturated rings. The molecule has 5 nitrogen and oxygen atoms in total. The lowest BCUT2D eigenvalue weighted by Gasteiger charge is -2.01. The van der Waals surface area contributed by atoms with Gasteiger partial charge in [-0.05, 0) is 37.3 Å². The summed E-state index contributed by atoms with van der Waals surface area (Å²) in [5.41, 5.74) is 6.28. The second-order valence-corrected chi connectivity index (χ2v) is 5.02. The van der Waals surface area contributed by atoms with Crippen molar-refractivity contribution in [3.63, 3.8) is 0 Å². The monoisotopic (exact) mass is 244 g/mol. The zero-order valence-corrected chi connectivity index (χ0v) is 10.3. The number of rotatable bonds is 2. The van der Waals surface area contributed by atoms with Gasteiger partial charge in [-0.2, -0.15) is 4.98 Å². The van der Waals surface area contributed by atoms with Crippen LogP contribution in [0.1, 0.15) is 37.9 Å². The zero-order valence-electron chi connectivity index (χ0n) is 10.3. The maximum absolute atomic E-state index is 5.64. The van der Waals surface area contributed by atoms with E-state index in [0.717, 1.165) is 24.6 Å². The van der Waals surface area contributed by atoms with Gasteiger partial charge in [-0.3, -0.25) is 0 Å². The van der Waals surface area contributed by atoms with Crippen molar-refractivity contribution in [2.24, 2.45) is 5.92 Å². The molecule has 0 aromatic carbocycles. The summed E-state index contributed by atoms with van der Waals surface area (Å²) in [6, 6.07) is 5.39. The van der Waals surface area contributed by atoms with Crippen molar-refractivity contribution in [3.05, 3.63) is 24.0 Å². The molecule has 0 amide bonds. The van der Waals surface area contributed by atoms with Gasteiger partial charge in [-0.25, -0.2) is 4.98 Å². The fourth-order valence-electron chi connectivity index (χ4n) is 2.52. The van der Waals surface area contributed by atoms with Gasteiger partial charge < -0.3 is 10.3 Å². The number of nitrogens with zero attached hydrogens (tertiary/aromatic N) is 3. The summed E-state index contributed by atoms with van der Waals surface area (Å²) in [7, 11) is 0. The molecule has 0 spiro atoms. The van der Waals surface area contributed by atoms with Gasteiger partial charge in [0.1, 0.15) is 11.5 Å². The predicted molar refractivity (Wildman–Crippen MR) is 67.7 cm³/mol. The van der Waals surface area contributed by atoms with Gasteiger partial charge in [-0.1, -0.05) is 18.1 Å². The highest BCUT2D eigenvalue weighted by molar-refractivity contribution is 5.50. The molecule has 2 aromatic rings. The highest BCUT2D eigenvalue weighted by Gasteiger charge is 2.27. The van der Waals surface area contributed by atoms with Gasteiger partial charge in [0.15, 0.2) is 5.82 Å². The van der Waals surface area contributed by atoms with Crippen LogP contribution >= 0.6 is 0 Å². The minimum atomic E-state index is 0.429. The van der Waals surface area contributed by atoms with E-state index >= 15 is 0 Å². The van der Waals surface area contributed by atoms with E-state index in [1.54, 1.807) is 6.07 Å². The first-order valence-corrected chi connectivity index (χ1v) is 6.29. The Balaban J connectivity index is 1.85. The molecule has 5 heteroatoms. The van der Waals surface area contributed by atoms with E-state index in [2.05, 4.69) is 22.0 Å². The summed E-state index contributed by atoms with van der Waals surface area (Å²) in [6.45, 7) is 2.26. The smallest absolute Gasteiger partial charge is 0.276 e. The average Bonchev–Trinajstić information content (AvgIpc) is 2.97. The minimum Gasteiger partial charge on any atom is -0.384 e. The molecular formula is C13H16N4O. The summed E-state index contributed by atoms with van der Waals surface area (Å²) in [4.78, 5) is 8.62. The summed E-state index contributed by atoms with van der Waals surface area (Å²) >= 11 is 0. The number of nitrogen functional groups attached to an aromatic ring is 1. The van der Waals surface area contributed by atoms with Crippen LogP contribution in [0.3, 0.4) is 0 Å². The molecule has 0 saturated heterocycles. The number of nitrogens with two attached hydrogens (primary N) is 1. The van der Waals surface area contributed by atoms with Gasteiger partial charge >= 0.3 is 0 Å². The van der Waals surface area contributed by atoms with Crippen LogP contribution in [0.5, 0.6) is 0 Å². The van der Waals surface area contributed by atoms with Crippen molar-refractivity contribution in [1.82, 2.24) is 15.1 Å². The molecule has 2 aromatic heterocycles. The van der Waals surface area contributed by atoms with Crippen LogP contribution < -0.4 is 5.73 Å². The molecule has 2 atom stereocenters. The Morgan fingerprint density at radius 1 is 1.28 bits per heavy atom. The summed E-state index contributed by atoms with van der Waals surface area (Å²) in [5, 5.41) is 4.07. The molecule has 18 heavy (non-hydrogen) atoms. The van der Waals surface area contributed by atoms with Crippen LogP contribution in [-0.2, 0) is 0 Å². The van der Waals surface area contributed by atoms with E-state index in [-0.39, 0.29) is 0 Å². The van der Waals surface area contributed by atoms with Crippen LogP contribution in [0, 0.1) is 5.92 Å². The lowest BCUT2D eigenvalue weighted by molar-refractivity contribution is 0.413. The molecule has 1 aliphatic rings. The second kappa shape index (κ2) is 4.40. The molecule has 2 heterocycles. The minimum absolute atomic E-state index is 0.429. The Kier molecular flexibility index (Phi) is 2.74. The third-order valence-electron chi connectivity index (χ3n) is 3.49. The molecule has 1 aliphatic carbocycles. The van der Waals surface area contributed by atoms with E-state index in [0.29, 0.717) is 23.3 Å². The van der Waals surface area contributed by atoms with E-state index < -0.39 is 0 Å². The van der Waals surface area contributed by atoms with Crippen molar-refractivity contribution >= 4 is 5.82 Å². The first kappa shape index (κ1) is 11.2. The number of pyridine rings is 1. The number of aromatic nitrogens is 3. The topological polar surface area (TPSA) is 77.8 Å². The van der Waals surface area contributed by atoms with Crippen LogP contribution in [0.2, 0.25) is 0 Å². The van der Waals surface area contributed by atoms with Crippen molar-refractivity contribution in [2.75, 3.05) is 5.73 Å². The molecular weight excluding hydrogens is 228 g/mol.